The second-order valence-electron chi connectivity index (χ2n) is 8.54. The Labute approximate surface area is 125 Å². The van der Waals surface area contributed by atoms with Crippen LogP contribution in [0.5, 0.6) is 0 Å². The van der Waals surface area contributed by atoms with Crippen molar-refractivity contribution in [1.29, 1.82) is 0 Å². The van der Waals surface area contributed by atoms with Crippen molar-refractivity contribution in [3.63, 3.8) is 0 Å². The van der Waals surface area contributed by atoms with E-state index < -0.39 is 0 Å². The van der Waals surface area contributed by atoms with Gasteiger partial charge in [-0.1, -0.05) is 26.0 Å². The first-order valence-electron chi connectivity index (χ1n) is 8.85. The normalized spacial score (nSPS) is 40.8. The Morgan fingerprint density at radius 3 is 2.30 bits per heavy atom. The molecule has 0 aromatic heterocycles. The van der Waals surface area contributed by atoms with E-state index in [1.165, 1.54) is 58.0 Å². The minimum Gasteiger partial charge on any atom is -0.306 e. The molecule has 1 heteroatoms. The molecule has 20 heavy (non-hydrogen) atoms. The Morgan fingerprint density at radius 1 is 1.10 bits per heavy atom. The van der Waals surface area contributed by atoms with E-state index in [0.717, 1.165) is 29.1 Å². The van der Waals surface area contributed by atoms with Gasteiger partial charge in [0, 0.05) is 0 Å². The van der Waals surface area contributed by atoms with Gasteiger partial charge in [-0.3, -0.25) is 0 Å². The predicted octanol–water partition coefficient (Wildman–Crippen LogP) is 4.74. The van der Waals surface area contributed by atoms with Crippen LogP contribution in [0.3, 0.4) is 0 Å². The Hall–Kier alpha value is -0.300. The number of hydrogen-bond donors (Lipinski definition) is 0. The summed E-state index contributed by atoms with van der Waals surface area (Å²) in [6.45, 7) is 12.0. The van der Waals surface area contributed by atoms with E-state index in [4.69, 9.17) is 0 Å². The minimum absolute atomic E-state index is 0.737. The second-order valence-corrected chi connectivity index (χ2v) is 8.54. The molecule has 3 rings (SSSR count). The molecular weight excluding hydrogens is 242 g/mol. The lowest BCUT2D eigenvalue weighted by molar-refractivity contribution is 0.190. The number of rotatable bonds is 3. The first-order valence-corrected chi connectivity index (χ1v) is 8.85. The Morgan fingerprint density at radius 2 is 1.70 bits per heavy atom. The van der Waals surface area contributed by atoms with E-state index in [1.807, 2.05) is 0 Å². The van der Waals surface area contributed by atoms with Gasteiger partial charge in [0.2, 0.25) is 0 Å². The van der Waals surface area contributed by atoms with Gasteiger partial charge in [-0.25, -0.2) is 0 Å². The third-order valence-electron chi connectivity index (χ3n) is 6.61. The van der Waals surface area contributed by atoms with E-state index in [1.54, 1.807) is 5.57 Å². The minimum atomic E-state index is 0.737. The molecule has 3 aliphatic rings. The highest BCUT2D eigenvalue weighted by Crippen LogP contribution is 2.62. The van der Waals surface area contributed by atoms with Crippen molar-refractivity contribution in [2.75, 3.05) is 20.1 Å². The molecule has 1 saturated heterocycles. The van der Waals surface area contributed by atoms with Crippen LogP contribution >= 0.6 is 0 Å². The number of allylic oxidation sites excluding steroid dienone is 1. The average molecular weight is 275 g/mol. The van der Waals surface area contributed by atoms with Gasteiger partial charge >= 0.3 is 0 Å². The van der Waals surface area contributed by atoms with Crippen LogP contribution < -0.4 is 0 Å². The first-order chi connectivity index (χ1) is 9.48. The van der Waals surface area contributed by atoms with Gasteiger partial charge in [-0.15, -0.1) is 0 Å². The van der Waals surface area contributed by atoms with E-state index in [9.17, 15) is 0 Å². The maximum absolute atomic E-state index is 4.51. The van der Waals surface area contributed by atoms with Gasteiger partial charge in [0.25, 0.3) is 0 Å². The molecule has 1 nitrogen and oxygen atoms in total. The van der Waals surface area contributed by atoms with Crippen LogP contribution in [0.2, 0.25) is 0 Å². The average Bonchev–Trinajstić information content (AvgIpc) is 3.05. The van der Waals surface area contributed by atoms with Crippen molar-refractivity contribution in [3.05, 3.63) is 12.2 Å². The highest BCUT2D eigenvalue weighted by atomic mass is 15.1. The van der Waals surface area contributed by atoms with Crippen LogP contribution in [0, 0.1) is 29.1 Å². The highest BCUT2D eigenvalue weighted by Gasteiger charge is 2.54. The first kappa shape index (κ1) is 14.6. The quantitative estimate of drug-likeness (QED) is 0.673. The van der Waals surface area contributed by atoms with Crippen LogP contribution in [0.4, 0.5) is 0 Å². The summed E-state index contributed by atoms with van der Waals surface area (Å²) >= 11 is 0. The van der Waals surface area contributed by atoms with Crippen LogP contribution in [0.25, 0.3) is 0 Å². The van der Waals surface area contributed by atoms with Gasteiger partial charge < -0.3 is 4.90 Å². The zero-order valence-corrected chi connectivity index (χ0v) is 13.8. The molecule has 0 aromatic rings. The van der Waals surface area contributed by atoms with E-state index >= 15 is 0 Å². The largest absolute Gasteiger partial charge is 0.306 e. The molecule has 1 spiro atoms. The summed E-state index contributed by atoms with van der Waals surface area (Å²) in [5, 5.41) is 0. The smallest absolute Gasteiger partial charge is 0.00164 e. The standard InChI is InChI=1S/C19H33N/c1-14-9-15(2)11-17(10-14)16(3)12-18-13-19(18)5-7-20(4)8-6-19/h14-15,17-18H,3,5-13H2,1-2,4H3. The monoisotopic (exact) mass is 275 g/mol. The predicted molar refractivity (Wildman–Crippen MR) is 86.7 cm³/mol. The van der Waals surface area contributed by atoms with E-state index in [2.05, 4.69) is 32.4 Å². The van der Waals surface area contributed by atoms with Crippen molar-refractivity contribution >= 4 is 0 Å². The summed E-state index contributed by atoms with van der Waals surface area (Å²) in [6.07, 6.45) is 9.98. The summed E-state index contributed by atoms with van der Waals surface area (Å²) < 4.78 is 0. The number of piperidine rings is 1. The van der Waals surface area contributed by atoms with Gasteiger partial charge in [0.05, 0.1) is 0 Å². The van der Waals surface area contributed by atoms with Crippen molar-refractivity contribution in [3.8, 4) is 0 Å². The summed E-state index contributed by atoms with van der Waals surface area (Å²) in [5.74, 6) is 3.64. The van der Waals surface area contributed by atoms with Crippen molar-refractivity contribution in [2.45, 2.75) is 58.8 Å². The third-order valence-corrected chi connectivity index (χ3v) is 6.61. The van der Waals surface area contributed by atoms with Crippen LogP contribution in [-0.4, -0.2) is 25.0 Å². The molecule has 0 amide bonds. The van der Waals surface area contributed by atoms with E-state index in [0.29, 0.717) is 0 Å². The number of nitrogens with zero attached hydrogens (tertiary/aromatic N) is 1. The zero-order valence-electron chi connectivity index (χ0n) is 13.8. The third kappa shape index (κ3) is 2.98. The molecule has 0 radical (unpaired) electrons. The molecule has 114 valence electrons. The zero-order chi connectivity index (χ0) is 14.3. The van der Waals surface area contributed by atoms with Crippen molar-refractivity contribution < 1.29 is 0 Å². The van der Waals surface area contributed by atoms with Crippen molar-refractivity contribution in [2.24, 2.45) is 29.1 Å². The Bertz CT molecular complexity index is 354. The molecule has 3 unspecified atom stereocenters. The molecule has 1 aliphatic heterocycles. The lowest BCUT2D eigenvalue weighted by atomic mass is 9.73. The van der Waals surface area contributed by atoms with Gasteiger partial charge in [-0.05, 0) is 94.2 Å². The fraction of sp³-hybridized carbons (Fsp3) is 0.895. The fourth-order valence-corrected chi connectivity index (χ4v) is 5.16. The maximum atomic E-state index is 4.51. The lowest BCUT2D eigenvalue weighted by Gasteiger charge is -2.34. The molecule has 1 heterocycles. The second kappa shape index (κ2) is 5.48. The van der Waals surface area contributed by atoms with Crippen LogP contribution in [-0.2, 0) is 0 Å². The summed E-state index contributed by atoms with van der Waals surface area (Å²) in [7, 11) is 2.27. The van der Waals surface area contributed by atoms with Crippen molar-refractivity contribution in [1.82, 2.24) is 4.90 Å². The molecule has 3 fully saturated rings. The summed E-state index contributed by atoms with van der Waals surface area (Å²) in [4.78, 5) is 2.50. The summed E-state index contributed by atoms with van der Waals surface area (Å²) in [6, 6.07) is 0. The fourth-order valence-electron chi connectivity index (χ4n) is 5.16. The van der Waals surface area contributed by atoms with Gasteiger partial charge in [-0.2, -0.15) is 0 Å². The lowest BCUT2D eigenvalue weighted by Crippen LogP contribution is -2.32. The maximum Gasteiger partial charge on any atom is -0.00164 e. The highest BCUT2D eigenvalue weighted by molar-refractivity contribution is 5.13. The van der Waals surface area contributed by atoms with E-state index in [-0.39, 0.29) is 0 Å². The molecular formula is C19H33N. The number of likely N-dealkylation sites (tertiary alicyclic amines) is 1. The number of hydrogen-bond acceptors (Lipinski definition) is 1. The Balaban J connectivity index is 1.50. The van der Waals surface area contributed by atoms with Crippen LogP contribution in [0.1, 0.15) is 58.8 Å². The topological polar surface area (TPSA) is 3.24 Å². The molecule has 2 saturated carbocycles. The molecule has 3 atom stereocenters. The van der Waals surface area contributed by atoms with Gasteiger partial charge in [0.15, 0.2) is 0 Å². The molecule has 2 aliphatic carbocycles. The van der Waals surface area contributed by atoms with Gasteiger partial charge in [0.1, 0.15) is 0 Å². The van der Waals surface area contributed by atoms with Crippen LogP contribution in [0.15, 0.2) is 12.2 Å². The molecule has 0 bridgehead atoms. The Kier molecular flexibility index (Phi) is 4.01. The molecule has 0 N–H and O–H groups in total. The SMILES string of the molecule is C=C(CC1CC12CCN(C)CC2)C1CC(C)CC(C)C1. The summed E-state index contributed by atoms with van der Waals surface area (Å²) in [5.41, 5.74) is 2.34. The molecule has 0 aromatic carbocycles.